The fourth-order valence-electron chi connectivity index (χ4n) is 0.783. The highest BCUT2D eigenvalue weighted by Gasteiger charge is 2.14. The van der Waals surface area contributed by atoms with Gasteiger partial charge in [0.2, 0.25) is 0 Å². The van der Waals surface area contributed by atoms with E-state index in [1.165, 1.54) is 0 Å². The normalized spacial score (nSPS) is 9.00. The Kier molecular flexibility index (Phi) is 2.72. The zero-order valence-electron chi connectivity index (χ0n) is 6.11. The van der Waals surface area contributed by atoms with E-state index in [9.17, 15) is 4.39 Å². The molecule has 1 rings (SSSR count). The molecule has 0 saturated carbocycles. The molecular formula is C8HCl2FN2. The van der Waals surface area contributed by atoms with E-state index in [4.69, 9.17) is 33.7 Å². The summed E-state index contributed by atoms with van der Waals surface area (Å²) in [5.74, 6) is -0.820. The minimum absolute atomic E-state index is 0.0971. The van der Waals surface area contributed by atoms with Crippen LogP contribution >= 0.6 is 23.2 Å². The van der Waals surface area contributed by atoms with E-state index in [1.807, 2.05) is 0 Å². The molecule has 0 radical (unpaired) electrons. The lowest BCUT2D eigenvalue weighted by molar-refractivity contribution is 0.627. The Labute approximate surface area is 83.7 Å². The fourth-order valence-corrected chi connectivity index (χ4v) is 1.26. The summed E-state index contributed by atoms with van der Waals surface area (Å²) >= 11 is 11.0. The van der Waals surface area contributed by atoms with Crippen molar-refractivity contribution >= 4 is 23.2 Å². The van der Waals surface area contributed by atoms with E-state index in [0.29, 0.717) is 0 Å². The van der Waals surface area contributed by atoms with Crippen LogP contribution in [0, 0.1) is 28.5 Å². The van der Waals surface area contributed by atoms with E-state index < -0.39 is 5.82 Å². The lowest BCUT2D eigenvalue weighted by Gasteiger charge is -2.01. The van der Waals surface area contributed by atoms with Gasteiger partial charge in [0, 0.05) is 0 Å². The van der Waals surface area contributed by atoms with Gasteiger partial charge in [-0.3, -0.25) is 0 Å². The lowest BCUT2D eigenvalue weighted by atomic mass is 10.1. The zero-order valence-corrected chi connectivity index (χ0v) is 7.62. The van der Waals surface area contributed by atoms with Crippen LogP contribution in [0.2, 0.25) is 10.0 Å². The maximum Gasteiger partial charge on any atom is 0.144 e. The molecule has 0 spiro atoms. The van der Waals surface area contributed by atoms with Gasteiger partial charge in [-0.15, -0.1) is 0 Å². The van der Waals surface area contributed by atoms with Crippen molar-refractivity contribution in [3.63, 3.8) is 0 Å². The van der Waals surface area contributed by atoms with Crippen LogP contribution in [0.3, 0.4) is 0 Å². The summed E-state index contributed by atoms with van der Waals surface area (Å²) in [5, 5.41) is 16.6. The van der Waals surface area contributed by atoms with Crippen LogP contribution in [0.25, 0.3) is 0 Å². The second kappa shape index (κ2) is 3.62. The van der Waals surface area contributed by atoms with Gasteiger partial charge < -0.3 is 0 Å². The van der Waals surface area contributed by atoms with Gasteiger partial charge in [-0.05, 0) is 6.07 Å². The predicted octanol–water partition coefficient (Wildman–Crippen LogP) is 2.88. The van der Waals surface area contributed by atoms with Crippen molar-refractivity contribution in [3.8, 4) is 12.1 Å². The van der Waals surface area contributed by atoms with E-state index >= 15 is 0 Å². The van der Waals surface area contributed by atoms with Gasteiger partial charge >= 0.3 is 0 Å². The van der Waals surface area contributed by atoms with Crippen LogP contribution in [0.15, 0.2) is 6.07 Å². The highest BCUT2D eigenvalue weighted by Crippen LogP contribution is 2.29. The molecule has 0 aliphatic carbocycles. The van der Waals surface area contributed by atoms with Crippen LogP contribution in [0.1, 0.15) is 11.1 Å². The monoisotopic (exact) mass is 214 g/mol. The summed E-state index contributed by atoms with van der Waals surface area (Å²) in [5.41, 5.74) is -0.306. The Morgan fingerprint density at radius 1 is 1.15 bits per heavy atom. The first-order valence-electron chi connectivity index (χ1n) is 3.09. The first-order valence-corrected chi connectivity index (χ1v) is 3.85. The summed E-state index contributed by atoms with van der Waals surface area (Å²) in [6.45, 7) is 0. The molecule has 0 amide bonds. The average Bonchev–Trinajstić information content (AvgIpc) is 2.12. The maximum absolute atomic E-state index is 12.9. The van der Waals surface area contributed by atoms with Crippen molar-refractivity contribution in [1.29, 1.82) is 10.5 Å². The van der Waals surface area contributed by atoms with Gasteiger partial charge in [0.15, 0.2) is 0 Å². The third kappa shape index (κ3) is 1.58. The third-order valence-electron chi connectivity index (χ3n) is 1.39. The van der Waals surface area contributed by atoms with E-state index in [1.54, 1.807) is 12.1 Å². The number of hydrogen-bond acceptors (Lipinski definition) is 2. The molecule has 64 valence electrons. The van der Waals surface area contributed by atoms with Crippen LogP contribution in [-0.2, 0) is 0 Å². The van der Waals surface area contributed by atoms with Crippen molar-refractivity contribution in [2.45, 2.75) is 0 Å². The van der Waals surface area contributed by atoms with E-state index in [-0.39, 0.29) is 21.2 Å². The molecule has 0 N–H and O–H groups in total. The molecule has 0 unspecified atom stereocenters. The molecular weight excluding hydrogens is 214 g/mol. The summed E-state index contributed by atoms with van der Waals surface area (Å²) < 4.78 is 12.9. The largest absolute Gasteiger partial charge is 0.205 e. The molecule has 1 aromatic rings. The van der Waals surface area contributed by atoms with Crippen molar-refractivity contribution < 1.29 is 4.39 Å². The molecule has 0 aliphatic heterocycles. The molecule has 0 fully saturated rings. The topological polar surface area (TPSA) is 47.6 Å². The second-order valence-corrected chi connectivity index (χ2v) is 2.89. The van der Waals surface area contributed by atoms with Crippen LogP contribution in [0.5, 0.6) is 0 Å². The summed E-state index contributed by atoms with van der Waals surface area (Å²) in [4.78, 5) is 0. The maximum atomic E-state index is 12.9. The smallest absolute Gasteiger partial charge is 0.144 e. The van der Waals surface area contributed by atoms with Gasteiger partial charge in [-0.1, -0.05) is 23.2 Å². The van der Waals surface area contributed by atoms with Crippen molar-refractivity contribution in [1.82, 2.24) is 0 Å². The SMILES string of the molecule is N#Cc1cc(F)c(Cl)c(C#N)c1Cl. The molecule has 0 atom stereocenters. The third-order valence-corrected chi connectivity index (χ3v) is 2.15. The Morgan fingerprint density at radius 3 is 2.23 bits per heavy atom. The van der Waals surface area contributed by atoms with Gasteiger partial charge in [0.25, 0.3) is 0 Å². The highest BCUT2D eigenvalue weighted by atomic mass is 35.5. The van der Waals surface area contributed by atoms with Gasteiger partial charge in [-0.25, -0.2) is 4.39 Å². The minimum atomic E-state index is -0.820. The second-order valence-electron chi connectivity index (χ2n) is 2.13. The van der Waals surface area contributed by atoms with Crippen LogP contribution in [0.4, 0.5) is 4.39 Å². The van der Waals surface area contributed by atoms with Gasteiger partial charge in [0.1, 0.15) is 18.0 Å². The summed E-state index contributed by atoms with van der Waals surface area (Å²) in [6, 6.07) is 4.17. The molecule has 2 nitrogen and oxygen atoms in total. The Balaban J connectivity index is 3.63. The number of benzene rings is 1. The Hall–Kier alpha value is -1.29. The van der Waals surface area contributed by atoms with E-state index in [0.717, 1.165) is 6.07 Å². The number of halogens is 3. The first-order chi connectivity index (χ1) is 6.11. The number of rotatable bonds is 0. The van der Waals surface area contributed by atoms with Crippen molar-refractivity contribution in [2.24, 2.45) is 0 Å². The van der Waals surface area contributed by atoms with Crippen LogP contribution in [-0.4, -0.2) is 0 Å². The quantitative estimate of drug-likeness (QED) is 0.624. The number of hydrogen-bond donors (Lipinski definition) is 0. The minimum Gasteiger partial charge on any atom is -0.205 e. The summed E-state index contributed by atoms with van der Waals surface area (Å²) in [6.07, 6.45) is 0. The van der Waals surface area contributed by atoms with Crippen molar-refractivity contribution in [2.75, 3.05) is 0 Å². The molecule has 13 heavy (non-hydrogen) atoms. The first kappa shape index (κ1) is 9.80. The van der Waals surface area contributed by atoms with Gasteiger partial charge in [0.05, 0.1) is 21.2 Å². The molecule has 1 aromatic carbocycles. The Bertz CT molecular complexity index is 443. The molecule has 0 aliphatic rings. The molecule has 0 aromatic heterocycles. The lowest BCUT2D eigenvalue weighted by Crippen LogP contribution is -1.89. The predicted molar refractivity (Wildman–Crippen MR) is 45.9 cm³/mol. The van der Waals surface area contributed by atoms with Crippen LogP contribution < -0.4 is 0 Å². The molecule has 0 saturated heterocycles. The number of nitriles is 2. The Morgan fingerprint density at radius 2 is 1.77 bits per heavy atom. The molecule has 0 bridgehead atoms. The molecule has 0 heterocycles. The molecule has 5 heteroatoms. The zero-order chi connectivity index (χ0) is 10.0. The average molecular weight is 215 g/mol. The van der Waals surface area contributed by atoms with Gasteiger partial charge in [-0.2, -0.15) is 10.5 Å². The standard InChI is InChI=1S/C8HCl2FN2/c9-7-4(2-12)1-6(11)8(10)5(7)3-13/h1H. The van der Waals surface area contributed by atoms with Crippen molar-refractivity contribution in [3.05, 3.63) is 33.1 Å². The fraction of sp³-hybridized carbons (Fsp3) is 0. The number of nitrogens with zero attached hydrogens (tertiary/aromatic N) is 2. The summed E-state index contributed by atoms with van der Waals surface area (Å²) in [7, 11) is 0. The van der Waals surface area contributed by atoms with E-state index in [2.05, 4.69) is 0 Å². The highest BCUT2D eigenvalue weighted by molar-refractivity contribution is 6.37.